The van der Waals surface area contributed by atoms with Crippen LogP contribution in [0.25, 0.3) is 0 Å². The van der Waals surface area contributed by atoms with Crippen molar-refractivity contribution >= 4 is 47.6 Å². The number of likely N-dealkylation sites (tertiary alicyclic amines) is 1. The fourth-order valence-corrected chi connectivity index (χ4v) is 4.06. The van der Waals surface area contributed by atoms with Gasteiger partial charge in [0, 0.05) is 38.1 Å². The van der Waals surface area contributed by atoms with Gasteiger partial charge in [-0.1, -0.05) is 12.8 Å². The van der Waals surface area contributed by atoms with E-state index in [1.54, 1.807) is 0 Å². The maximum absolute atomic E-state index is 12.5. The second-order valence-corrected chi connectivity index (χ2v) is 7.84. The summed E-state index contributed by atoms with van der Waals surface area (Å²) < 4.78 is 0. The van der Waals surface area contributed by atoms with E-state index in [9.17, 15) is 4.79 Å². The fraction of sp³-hybridized carbons (Fsp3) is 0.889. The first-order valence-electron chi connectivity index (χ1n) is 9.57. The molecule has 0 spiro atoms. The predicted molar refractivity (Wildman–Crippen MR) is 119 cm³/mol. The SMILES string of the molecule is CCNC(=NCCCCSC)NC1CCN(C(=O)C2CCCC2)C1.I. The van der Waals surface area contributed by atoms with E-state index in [4.69, 9.17) is 0 Å². The highest BCUT2D eigenvalue weighted by atomic mass is 127. The fourth-order valence-electron chi connectivity index (χ4n) is 3.57. The van der Waals surface area contributed by atoms with Gasteiger partial charge in [0.2, 0.25) is 5.91 Å². The van der Waals surface area contributed by atoms with Crippen LogP contribution in [0.15, 0.2) is 4.99 Å². The standard InChI is InChI=1S/C18H34N4OS.HI/c1-3-19-18(20-11-6-7-13-24-2)21-16-10-12-22(14-16)17(23)15-8-4-5-9-15;/h15-16H,3-14H2,1-2H3,(H2,19,20,21);1H. The van der Waals surface area contributed by atoms with E-state index < -0.39 is 0 Å². The minimum absolute atomic E-state index is 0. The van der Waals surface area contributed by atoms with Gasteiger partial charge in [-0.05, 0) is 51.0 Å². The third-order valence-electron chi connectivity index (χ3n) is 4.92. The number of thioether (sulfide) groups is 1. The molecule has 0 aromatic carbocycles. The van der Waals surface area contributed by atoms with E-state index in [1.807, 2.05) is 11.8 Å². The highest BCUT2D eigenvalue weighted by Gasteiger charge is 2.32. The lowest BCUT2D eigenvalue weighted by Crippen LogP contribution is -2.45. The van der Waals surface area contributed by atoms with Gasteiger partial charge in [0.25, 0.3) is 0 Å². The third-order valence-corrected chi connectivity index (χ3v) is 5.61. The molecule has 1 unspecified atom stereocenters. The number of unbranched alkanes of at least 4 members (excludes halogenated alkanes) is 1. The van der Waals surface area contributed by atoms with Gasteiger partial charge >= 0.3 is 0 Å². The van der Waals surface area contributed by atoms with Crippen LogP contribution in [0.2, 0.25) is 0 Å². The second kappa shape index (κ2) is 13.1. The first kappa shape index (κ1) is 22.9. The number of rotatable bonds is 8. The molecule has 2 rings (SSSR count). The number of carbonyl (C=O) groups is 1. The lowest BCUT2D eigenvalue weighted by Gasteiger charge is -2.21. The van der Waals surface area contributed by atoms with Gasteiger partial charge in [-0.3, -0.25) is 9.79 Å². The Morgan fingerprint density at radius 2 is 2.00 bits per heavy atom. The van der Waals surface area contributed by atoms with E-state index in [1.165, 1.54) is 25.0 Å². The van der Waals surface area contributed by atoms with Crippen molar-refractivity contribution in [1.29, 1.82) is 0 Å². The van der Waals surface area contributed by atoms with Crippen molar-refractivity contribution < 1.29 is 4.79 Å². The molecule has 25 heavy (non-hydrogen) atoms. The molecule has 1 aliphatic heterocycles. The third kappa shape index (κ3) is 7.93. The number of hydrogen-bond acceptors (Lipinski definition) is 3. The van der Waals surface area contributed by atoms with E-state index in [-0.39, 0.29) is 24.0 Å². The predicted octanol–water partition coefficient (Wildman–Crippen LogP) is 3.09. The molecular weight excluding hydrogens is 447 g/mol. The van der Waals surface area contributed by atoms with Crippen molar-refractivity contribution in [3.63, 3.8) is 0 Å². The molecule has 1 aliphatic carbocycles. The first-order chi connectivity index (χ1) is 11.7. The number of amides is 1. The number of guanidine groups is 1. The van der Waals surface area contributed by atoms with Gasteiger partial charge in [0.05, 0.1) is 0 Å². The molecule has 1 saturated carbocycles. The van der Waals surface area contributed by atoms with Crippen LogP contribution in [0, 0.1) is 5.92 Å². The molecule has 1 saturated heterocycles. The van der Waals surface area contributed by atoms with Crippen LogP contribution in [0.1, 0.15) is 51.9 Å². The molecule has 0 radical (unpaired) electrons. The van der Waals surface area contributed by atoms with E-state index >= 15 is 0 Å². The molecule has 1 atom stereocenters. The van der Waals surface area contributed by atoms with Crippen LogP contribution in [-0.2, 0) is 4.79 Å². The van der Waals surface area contributed by atoms with Crippen LogP contribution in [-0.4, -0.2) is 61.0 Å². The number of hydrogen-bond donors (Lipinski definition) is 2. The molecule has 1 amide bonds. The van der Waals surface area contributed by atoms with E-state index in [2.05, 4.69) is 33.7 Å². The summed E-state index contributed by atoms with van der Waals surface area (Å²) >= 11 is 1.89. The summed E-state index contributed by atoms with van der Waals surface area (Å²) in [6.45, 7) is 5.54. The lowest BCUT2D eigenvalue weighted by atomic mass is 10.1. The Balaban J connectivity index is 0.00000312. The average Bonchev–Trinajstić information content (AvgIpc) is 3.26. The van der Waals surface area contributed by atoms with Gasteiger partial charge in [-0.15, -0.1) is 24.0 Å². The molecule has 2 fully saturated rings. The molecule has 2 aliphatic rings. The van der Waals surface area contributed by atoms with Gasteiger partial charge in [-0.25, -0.2) is 0 Å². The Kier molecular flexibility index (Phi) is 11.9. The first-order valence-corrected chi connectivity index (χ1v) is 11.0. The molecule has 5 nitrogen and oxygen atoms in total. The number of halogens is 1. The van der Waals surface area contributed by atoms with Crippen molar-refractivity contribution in [2.75, 3.05) is 38.2 Å². The maximum atomic E-state index is 12.5. The summed E-state index contributed by atoms with van der Waals surface area (Å²) in [7, 11) is 0. The minimum Gasteiger partial charge on any atom is -0.357 e. The average molecular weight is 482 g/mol. The normalized spacial score (nSPS) is 21.3. The highest BCUT2D eigenvalue weighted by molar-refractivity contribution is 14.0. The Morgan fingerprint density at radius 3 is 2.68 bits per heavy atom. The van der Waals surface area contributed by atoms with Crippen molar-refractivity contribution in [1.82, 2.24) is 15.5 Å². The Labute approximate surface area is 174 Å². The Bertz CT molecular complexity index is 416. The number of nitrogens with zero attached hydrogens (tertiary/aromatic N) is 2. The molecule has 2 N–H and O–H groups in total. The number of nitrogens with one attached hydrogen (secondary N) is 2. The lowest BCUT2D eigenvalue weighted by molar-refractivity contribution is -0.134. The van der Waals surface area contributed by atoms with Crippen LogP contribution < -0.4 is 10.6 Å². The molecule has 1 heterocycles. The molecular formula is C18H35IN4OS. The van der Waals surface area contributed by atoms with Crippen LogP contribution in [0.3, 0.4) is 0 Å². The maximum Gasteiger partial charge on any atom is 0.225 e. The summed E-state index contributed by atoms with van der Waals surface area (Å²) in [5.41, 5.74) is 0. The van der Waals surface area contributed by atoms with E-state index in [0.717, 1.165) is 57.8 Å². The van der Waals surface area contributed by atoms with Crippen LogP contribution >= 0.6 is 35.7 Å². The van der Waals surface area contributed by atoms with Crippen molar-refractivity contribution in [3.8, 4) is 0 Å². The van der Waals surface area contributed by atoms with Crippen LogP contribution in [0.5, 0.6) is 0 Å². The quantitative estimate of drug-likeness (QED) is 0.242. The monoisotopic (exact) mass is 482 g/mol. The smallest absolute Gasteiger partial charge is 0.225 e. The minimum atomic E-state index is 0. The van der Waals surface area contributed by atoms with Gasteiger partial charge in [0.1, 0.15) is 0 Å². The number of carbonyl (C=O) groups excluding carboxylic acids is 1. The molecule has 7 heteroatoms. The Hall–Kier alpha value is -0.180. The van der Waals surface area contributed by atoms with Gasteiger partial charge in [0.15, 0.2) is 5.96 Å². The van der Waals surface area contributed by atoms with Crippen LogP contribution in [0.4, 0.5) is 0 Å². The summed E-state index contributed by atoms with van der Waals surface area (Å²) in [4.78, 5) is 19.3. The zero-order chi connectivity index (χ0) is 17.2. The summed E-state index contributed by atoms with van der Waals surface area (Å²) in [6, 6.07) is 0.333. The topological polar surface area (TPSA) is 56.7 Å². The largest absolute Gasteiger partial charge is 0.357 e. The van der Waals surface area contributed by atoms with Crippen molar-refractivity contribution in [2.24, 2.45) is 10.9 Å². The van der Waals surface area contributed by atoms with Crippen molar-refractivity contribution in [2.45, 2.75) is 57.9 Å². The zero-order valence-corrected chi connectivity index (χ0v) is 18.9. The van der Waals surface area contributed by atoms with Gasteiger partial charge in [-0.2, -0.15) is 11.8 Å². The van der Waals surface area contributed by atoms with E-state index in [0.29, 0.717) is 17.9 Å². The second-order valence-electron chi connectivity index (χ2n) is 6.86. The Morgan fingerprint density at radius 1 is 1.24 bits per heavy atom. The number of aliphatic imine (C=N–C) groups is 1. The van der Waals surface area contributed by atoms with Gasteiger partial charge < -0.3 is 15.5 Å². The summed E-state index contributed by atoms with van der Waals surface area (Å²) in [6.07, 6.45) is 10.1. The summed E-state index contributed by atoms with van der Waals surface area (Å²) in [5, 5.41) is 6.85. The van der Waals surface area contributed by atoms with Crippen molar-refractivity contribution in [3.05, 3.63) is 0 Å². The molecule has 0 aromatic heterocycles. The highest BCUT2D eigenvalue weighted by Crippen LogP contribution is 2.27. The zero-order valence-electron chi connectivity index (χ0n) is 15.8. The molecule has 0 bridgehead atoms. The summed E-state index contributed by atoms with van der Waals surface area (Å²) in [5.74, 6) is 2.79. The molecule has 0 aromatic rings. The molecule has 146 valence electrons.